The highest BCUT2D eigenvalue weighted by molar-refractivity contribution is 5.79. The lowest BCUT2D eigenvalue weighted by atomic mass is 10.2. The van der Waals surface area contributed by atoms with Crippen LogP contribution in [-0.2, 0) is 0 Å². The first kappa shape index (κ1) is 11.8. The van der Waals surface area contributed by atoms with Crippen molar-refractivity contribution in [3.8, 4) is 5.75 Å². The van der Waals surface area contributed by atoms with Crippen molar-refractivity contribution in [3.05, 3.63) is 29.8 Å². The van der Waals surface area contributed by atoms with Gasteiger partial charge in [0, 0.05) is 0 Å². The normalized spacial score (nSPS) is 12.1. The Balaban J connectivity index is 2.59. The van der Waals surface area contributed by atoms with Gasteiger partial charge >= 0.3 is 0 Å². The van der Waals surface area contributed by atoms with Crippen molar-refractivity contribution in [2.45, 2.75) is 39.2 Å². The summed E-state index contributed by atoms with van der Waals surface area (Å²) < 4.78 is 5.71. The highest BCUT2D eigenvalue weighted by Crippen LogP contribution is 2.18. The summed E-state index contributed by atoms with van der Waals surface area (Å²) in [5, 5.41) is 0. The van der Waals surface area contributed by atoms with Crippen molar-refractivity contribution in [1.82, 2.24) is 0 Å². The van der Waals surface area contributed by atoms with Gasteiger partial charge in [-0.2, -0.15) is 0 Å². The van der Waals surface area contributed by atoms with Crippen LogP contribution in [0.5, 0.6) is 5.75 Å². The number of carbonyl (C=O) groups is 1. The van der Waals surface area contributed by atoms with Gasteiger partial charge in [0.25, 0.3) is 0 Å². The van der Waals surface area contributed by atoms with Crippen molar-refractivity contribution >= 4 is 6.29 Å². The number of aldehydes is 1. The average Bonchev–Trinajstić information content (AvgIpc) is 2.27. The molecule has 0 heterocycles. The van der Waals surface area contributed by atoms with Crippen molar-refractivity contribution in [1.29, 1.82) is 0 Å². The molecule has 0 amide bonds. The van der Waals surface area contributed by atoms with E-state index < -0.39 is 0 Å². The summed E-state index contributed by atoms with van der Waals surface area (Å²) >= 11 is 0. The van der Waals surface area contributed by atoms with Crippen LogP contribution in [0.25, 0.3) is 0 Å². The number of benzene rings is 1. The number of ether oxygens (including phenoxy) is 1. The Hall–Kier alpha value is -1.31. The molecule has 0 spiro atoms. The molecule has 0 aromatic heterocycles. The molecule has 0 aliphatic carbocycles. The Morgan fingerprint density at radius 2 is 2.13 bits per heavy atom. The van der Waals surface area contributed by atoms with Gasteiger partial charge in [-0.3, -0.25) is 4.79 Å². The van der Waals surface area contributed by atoms with E-state index in [0.29, 0.717) is 11.3 Å². The molecule has 1 rings (SSSR count). The molecule has 0 aliphatic heterocycles. The first-order valence-electron chi connectivity index (χ1n) is 5.48. The minimum absolute atomic E-state index is 0.172. The molecule has 0 saturated carbocycles. The molecule has 0 aliphatic rings. The summed E-state index contributed by atoms with van der Waals surface area (Å²) in [6, 6.07) is 7.34. The second-order valence-electron chi connectivity index (χ2n) is 3.73. The van der Waals surface area contributed by atoms with Crippen LogP contribution in [0.3, 0.4) is 0 Å². The van der Waals surface area contributed by atoms with Crippen molar-refractivity contribution in [3.63, 3.8) is 0 Å². The van der Waals surface area contributed by atoms with Crippen molar-refractivity contribution < 1.29 is 9.53 Å². The summed E-state index contributed by atoms with van der Waals surface area (Å²) in [5.74, 6) is 0.691. The third kappa shape index (κ3) is 3.74. The molecule has 1 aromatic carbocycles. The van der Waals surface area contributed by atoms with Crippen LogP contribution in [0.2, 0.25) is 0 Å². The maximum atomic E-state index is 10.7. The molecule has 2 nitrogen and oxygen atoms in total. The molecule has 15 heavy (non-hydrogen) atoms. The van der Waals surface area contributed by atoms with Gasteiger partial charge < -0.3 is 4.74 Å². The SMILES string of the molecule is CCCCC(C)Oc1ccccc1C=O. The zero-order valence-electron chi connectivity index (χ0n) is 9.40. The second kappa shape index (κ2) is 6.23. The Kier molecular flexibility index (Phi) is 4.88. The molecule has 0 N–H and O–H groups in total. The topological polar surface area (TPSA) is 26.3 Å². The van der Waals surface area contributed by atoms with E-state index in [2.05, 4.69) is 6.92 Å². The Labute approximate surface area is 91.3 Å². The summed E-state index contributed by atoms with van der Waals surface area (Å²) in [4.78, 5) is 10.7. The summed E-state index contributed by atoms with van der Waals surface area (Å²) in [5.41, 5.74) is 0.626. The third-order valence-corrected chi connectivity index (χ3v) is 2.34. The highest BCUT2D eigenvalue weighted by atomic mass is 16.5. The van der Waals surface area contributed by atoms with E-state index in [4.69, 9.17) is 4.74 Å². The standard InChI is InChI=1S/C13H18O2/c1-3-4-7-11(2)15-13-9-6-5-8-12(13)10-14/h5-6,8-11H,3-4,7H2,1-2H3. The fraction of sp³-hybridized carbons (Fsp3) is 0.462. The van der Waals surface area contributed by atoms with Gasteiger partial charge in [0.2, 0.25) is 0 Å². The zero-order chi connectivity index (χ0) is 11.1. The number of rotatable bonds is 6. The Morgan fingerprint density at radius 1 is 1.40 bits per heavy atom. The van der Waals surface area contributed by atoms with E-state index in [-0.39, 0.29) is 6.10 Å². The summed E-state index contributed by atoms with van der Waals surface area (Å²) in [7, 11) is 0. The molecule has 1 aromatic rings. The van der Waals surface area contributed by atoms with Gasteiger partial charge in [0.1, 0.15) is 5.75 Å². The fourth-order valence-corrected chi connectivity index (χ4v) is 1.45. The lowest BCUT2D eigenvalue weighted by molar-refractivity contribution is 0.111. The molecular formula is C13H18O2. The van der Waals surface area contributed by atoms with Gasteiger partial charge in [-0.1, -0.05) is 31.9 Å². The number of hydrogen-bond acceptors (Lipinski definition) is 2. The lowest BCUT2D eigenvalue weighted by Crippen LogP contribution is -2.12. The molecule has 82 valence electrons. The van der Waals surface area contributed by atoms with E-state index in [9.17, 15) is 4.79 Å². The van der Waals surface area contributed by atoms with Crippen LogP contribution in [0.15, 0.2) is 24.3 Å². The summed E-state index contributed by atoms with van der Waals surface area (Å²) in [6.07, 6.45) is 4.37. The van der Waals surface area contributed by atoms with E-state index in [1.54, 1.807) is 6.07 Å². The van der Waals surface area contributed by atoms with Gasteiger partial charge in [-0.05, 0) is 25.5 Å². The molecule has 0 radical (unpaired) electrons. The molecule has 0 fully saturated rings. The van der Waals surface area contributed by atoms with Gasteiger partial charge in [-0.15, -0.1) is 0 Å². The minimum Gasteiger partial charge on any atom is -0.490 e. The van der Waals surface area contributed by atoms with Gasteiger partial charge in [0.15, 0.2) is 6.29 Å². The average molecular weight is 206 g/mol. The van der Waals surface area contributed by atoms with Gasteiger partial charge in [-0.25, -0.2) is 0 Å². The highest BCUT2D eigenvalue weighted by Gasteiger charge is 2.06. The maximum absolute atomic E-state index is 10.7. The first-order chi connectivity index (χ1) is 7.27. The van der Waals surface area contributed by atoms with E-state index >= 15 is 0 Å². The minimum atomic E-state index is 0.172. The van der Waals surface area contributed by atoms with Crippen LogP contribution in [0.4, 0.5) is 0 Å². The number of para-hydroxylation sites is 1. The van der Waals surface area contributed by atoms with E-state index in [1.165, 1.54) is 6.42 Å². The second-order valence-corrected chi connectivity index (χ2v) is 3.73. The fourth-order valence-electron chi connectivity index (χ4n) is 1.45. The Morgan fingerprint density at radius 3 is 2.80 bits per heavy atom. The van der Waals surface area contributed by atoms with Crippen LogP contribution >= 0.6 is 0 Å². The molecule has 0 bridgehead atoms. The predicted octanol–water partition coefficient (Wildman–Crippen LogP) is 3.46. The van der Waals surface area contributed by atoms with Crippen molar-refractivity contribution in [2.75, 3.05) is 0 Å². The maximum Gasteiger partial charge on any atom is 0.153 e. The van der Waals surface area contributed by atoms with Crippen molar-refractivity contribution in [2.24, 2.45) is 0 Å². The smallest absolute Gasteiger partial charge is 0.153 e. The number of unbranched alkanes of at least 4 members (excludes halogenated alkanes) is 1. The molecular weight excluding hydrogens is 188 g/mol. The lowest BCUT2D eigenvalue weighted by Gasteiger charge is -2.15. The number of hydrogen-bond donors (Lipinski definition) is 0. The van der Waals surface area contributed by atoms with Gasteiger partial charge in [0.05, 0.1) is 11.7 Å². The zero-order valence-corrected chi connectivity index (χ0v) is 9.40. The van der Waals surface area contributed by atoms with E-state index in [1.807, 2.05) is 25.1 Å². The first-order valence-corrected chi connectivity index (χ1v) is 5.48. The van der Waals surface area contributed by atoms with Crippen LogP contribution in [0.1, 0.15) is 43.5 Å². The molecule has 0 saturated heterocycles. The molecule has 2 heteroatoms. The third-order valence-electron chi connectivity index (χ3n) is 2.34. The van der Waals surface area contributed by atoms with Crippen LogP contribution in [0, 0.1) is 0 Å². The monoisotopic (exact) mass is 206 g/mol. The van der Waals surface area contributed by atoms with E-state index in [0.717, 1.165) is 19.1 Å². The van der Waals surface area contributed by atoms with Crippen LogP contribution < -0.4 is 4.74 Å². The predicted molar refractivity (Wildman–Crippen MR) is 61.4 cm³/mol. The Bertz CT molecular complexity index is 307. The number of carbonyl (C=O) groups excluding carboxylic acids is 1. The molecule has 1 atom stereocenters. The largest absolute Gasteiger partial charge is 0.490 e. The molecule has 1 unspecified atom stereocenters. The van der Waals surface area contributed by atoms with Crippen LogP contribution in [-0.4, -0.2) is 12.4 Å². The summed E-state index contributed by atoms with van der Waals surface area (Å²) in [6.45, 7) is 4.20. The quantitative estimate of drug-likeness (QED) is 0.666.